The van der Waals surface area contributed by atoms with Crippen molar-refractivity contribution >= 4 is 23.2 Å². The first-order valence-corrected chi connectivity index (χ1v) is 6.25. The van der Waals surface area contributed by atoms with Crippen LogP contribution >= 0.6 is 23.2 Å². The van der Waals surface area contributed by atoms with Crippen LogP contribution in [0.1, 0.15) is 18.4 Å². The third-order valence-corrected chi connectivity index (χ3v) is 3.48. The molecule has 1 N–H and O–H groups in total. The number of likely N-dealkylation sites (tertiary alicyclic amines) is 1. The van der Waals surface area contributed by atoms with Crippen molar-refractivity contribution in [1.29, 1.82) is 0 Å². The van der Waals surface area contributed by atoms with Gasteiger partial charge in [0.15, 0.2) is 0 Å². The molecule has 88 valence electrons. The van der Waals surface area contributed by atoms with Crippen molar-refractivity contribution in [1.82, 2.24) is 4.90 Å². The summed E-state index contributed by atoms with van der Waals surface area (Å²) in [6.07, 6.45) is 1.76. The maximum atomic E-state index is 9.58. The Labute approximate surface area is 106 Å². The Morgan fingerprint density at radius 3 is 2.88 bits per heavy atom. The zero-order chi connectivity index (χ0) is 11.5. The van der Waals surface area contributed by atoms with Gasteiger partial charge in [-0.05, 0) is 37.1 Å². The lowest BCUT2D eigenvalue weighted by Crippen LogP contribution is -2.37. The standard InChI is InChI=1S/C12H15Cl2NO/c13-10-4-3-9(12(14)6-10)7-15-5-1-2-11(16)8-15/h3-4,6,11,16H,1-2,5,7-8H2/t11-/m1/s1. The lowest BCUT2D eigenvalue weighted by molar-refractivity contribution is 0.0668. The van der Waals surface area contributed by atoms with Crippen molar-refractivity contribution in [3.05, 3.63) is 33.8 Å². The number of halogens is 2. The smallest absolute Gasteiger partial charge is 0.0667 e. The minimum atomic E-state index is -0.195. The molecule has 1 fully saturated rings. The molecule has 1 aromatic carbocycles. The molecule has 0 amide bonds. The highest BCUT2D eigenvalue weighted by atomic mass is 35.5. The van der Waals surface area contributed by atoms with Gasteiger partial charge in [-0.1, -0.05) is 29.3 Å². The molecule has 0 radical (unpaired) electrons. The summed E-state index contributed by atoms with van der Waals surface area (Å²) >= 11 is 12.0. The highest BCUT2D eigenvalue weighted by molar-refractivity contribution is 6.35. The fraction of sp³-hybridized carbons (Fsp3) is 0.500. The van der Waals surface area contributed by atoms with Gasteiger partial charge >= 0.3 is 0 Å². The third kappa shape index (κ3) is 3.11. The highest BCUT2D eigenvalue weighted by Crippen LogP contribution is 2.23. The molecule has 1 aliphatic rings. The Morgan fingerprint density at radius 2 is 2.19 bits per heavy atom. The molecule has 1 aliphatic heterocycles. The first kappa shape index (κ1) is 12.2. The van der Waals surface area contributed by atoms with Crippen LogP contribution in [0, 0.1) is 0 Å². The first-order chi connectivity index (χ1) is 7.65. The maximum absolute atomic E-state index is 9.58. The Kier molecular flexibility index (Phi) is 4.09. The summed E-state index contributed by atoms with van der Waals surface area (Å²) < 4.78 is 0. The van der Waals surface area contributed by atoms with E-state index in [0.29, 0.717) is 10.0 Å². The summed E-state index contributed by atoms with van der Waals surface area (Å²) in [6, 6.07) is 5.56. The van der Waals surface area contributed by atoms with Gasteiger partial charge in [-0.25, -0.2) is 0 Å². The Balaban J connectivity index is 2.02. The molecule has 0 aliphatic carbocycles. The molecule has 2 rings (SSSR count). The molecule has 0 saturated carbocycles. The minimum Gasteiger partial charge on any atom is -0.392 e. The van der Waals surface area contributed by atoms with Gasteiger partial charge in [0.1, 0.15) is 0 Å². The predicted molar refractivity (Wildman–Crippen MR) is 67.0 cm³/mol. The largest absolute Gasteiger partial charge is 0.392 e. The van der Waals surface area contributed by atoms with Crippen LogP contribution in [0.3, 0.4) is 0 Å². The second-order valence-corrected chi connectivity index (χ2v) is 5.11. The summed E-state index contributed by atoms with van der Waals surface area (Å²) in [6.45, 7) is 2.54. The zero-order valence-corrected chi connectivity index (χ0v) is 10.5. The normalized spacial score (nSPS) is 22.3. The maximum Gasteiger partial charge on any atom is 0.0667 e. The Morgan fingerprint density at radius 1 is 1.38 bits per heavy atom. The van der Waals surface area contributed by atoms with Crippen molar-refractivity contribution in [3.8, 4) is 0 Å². The Hall–Kier alpha value is -0.280. The van der Waals surface area contributed by atoms with E-state index >= 15 is 0 Å². The molecule has 2 nitrogen and oxygen atoms in total. The van der Waals surface area contributed by atoms with E-state index in [0.717, 1.165) is 38.0 Å². The van der Waals surface area contributed by atoms with Gasteiger partial charge < -0.3 is 5.11 Å². The van der Waals surface area contributed by atoms with Crippen LogP contribution in [-0.2, 0) is 6.54 Å². The number of hydrogen-bond acceptors (Lipinski definition) is 2. The van der Waals surface area contributed by atoms with Crippen LogP contribution < -0.4 is 0 Å². The molecule has 1 aromatic rings. The summed E-state index contributed by atoms with van der Waals surface area (Å²) in [4.78, 5) is 2.23. The molecule has 1 saturated heterocycles. The van der Waals surface area contributed by atoms with Gasteiger partial charge in [0, 0.05) is 23.1 Å². The average Bonchev–Trinajstić information content (AvgIpc) is 2.22. The van der Waals surface area contributed by atoms with E-state index in [1.54, 1.807) is 6.07 Å². The number of aliphatic hydroxyl groups is 1. The van der Waals surface area contributed by atoms with Crippen LogP contribution in [0.4, 0.5) is 0 Å². The fourth-order valence-corrected chi connectivity index (χ4v) is 2.53. The monoisotopic (exact) mass is 259 g/mol. The van der Waals surface area contributed by atoms with Crippen molar-refractivity contribution in [2.24, 2.45) is 0 Å². The first-order valence-electron chi connectivity index (χ1n) is 5.49. The molecule has 1 atom stereocenters. The number of aliphatic hydroxyl groups excluding tert-OH is 1. The van der Waals surface area contributed by atoms with Crippen molar-refractivity contribution in [2.45, 2.75) is 25.5 Å². The molecule has 0 unspecified atom stereocenters. The molecule has 0 bridgehead atoms. The lowest BCUT2D eigenvalue weighted by Gasteiger charge is -2.30. The van der Waals surface area contributed by atoms with Gasteiger partial charge in [-0.15, -0.1) is 0 Å². The minimum absolute atomic E-state index is 0.195. The number of β-amino-alcohol motifs (C(OH)–C–C–N with tert-alkyl or cyclic N) is 1. The van der Waals surface area contributed by atoms with E-state index in [4.69, 9.17) is 23.2 Å². The lowest BCUT2D eigenvalue weighted by atomic mass is 10.1. The topological polar surface area (TPSA) is 23.5 Å². The van der Waals surface area contributed by atoms with Crippen molar-refractivity contribution < 1.29 is 5.11 Å². The SMILES string of the molecule is O[C@@H]1CCCN(Cc2ccc(Cl)cc2Cl)C1. The molecular weight excluding hydrogens is 245 g/mol. The number of piperidine rings is 1. The zero-order valence-electron chi connectivity index (χ0n) is 9.00. The van der Waals surface area contributed by atoms with E-state index < -0.39 is 0 Å². The summed E-state index contributed by atoms with van der Waals surface area (Å²) in [5, 5.41) is 10.9. The van der Waals surface area contributed by atoms with E-state index in [-0.39, 0.29) is 6.10 Å². The molecular formula is C12H15Cl2NO. The van der Waals surface area contributed by atoms with E-state index in [9.17, 15) is 5.11 Å². The van der Waals surface area contributed by atoms with Gasteiger partial charge in [0.25, 0.3) is 0 Å². The van der Waals surface area contributed by atoms with Gasteiger partial charge in [-0.3, -0.25) is 4.90 Å². The van der Waals surface area contributed by atoms with Gasteiger partial charge in [-0.2, -0.15) is 0 Å². The fourth-order valence-electron chi connectivity index (χ4n) is 2.07. The van der Waals surface area contributed by atoms with E-state index in [1.165, 1.54) is 0 Å². The van der Waals surface area contributed by atoms with Crippen LogP contribution in [0.25, 0.3) is 0 Å². The van der Waals surface area contributed by atoms with E-state index in [1.807, 2.05) is 12.1 Å². The average molecular weight is 260 g/mol. The molecule has 0 aromatic heterocycles. The van der Waals surface area contributed by atoms with Gasteiger partial charge in [0.2, 0.25) is 0 Å². The van der Waals surface area contributed by atoms with Crippen molar-refractivity contribution in [3.63, 3.8) is 0 Å². The highest BCUT2D eigenvalue weighted by Gasteiger charge is 2.18. The second kappa shape index (κ2) is 5.37. The Bertz CT molecular complexity index is 370. The van der Waals surface area contributed by atoms with Crippen LogP contribution in [0.2, 0.25) is 10.0 Å². The summed E-state index contributed by atoms with van der Waals surface area (Å²) in [5.74, 6) is 0. The predicted octanol–water partition coefficient (Wildman–Crippen LogP) is 2.95. The van der Waals surface area contributed by atoms with Gasteiger partial charge in [0.05, 0.1) is 6.10 Å². The second-order valence-electron chi connectivity index (χ2n) is 4.27. The van der Waals surface area contributed by atoms with E-state index in [2.05, 4.69) is 4.90 Å². The van der Waals surface area contributed by atoms with Crippen LogP contribution in [0.15, 0.2) is 18.2 Å². The molecule has 0 spiro atoms. The van der Waals surface area contributed by atoms with Crippen molar-refractivity contribution in [2.75, 3.05) is 13.1 Å². The quantitative estimate of drug-likeness (QED) is 0.883. The number of hydrogen-bond donors (Lipinski definition) is 1. The molecule has 16 heavy (non-hydrogen) atoms. The number of benzene rings is 1. The molecule has 4 heteroatoms. The number of rotatable bonds is 2. The van der Waals surface area contributed by atoms with Crippen LogP contribution in [-0.4, -0.2) is 29.2 Å². The summed E-state index contributed by atoms with van der Waals surface area (Å²) in [5.41, 5.74) is 1.07. The summed E-state index contributed by atoms with van der Waals surface area (Å²) in [7, 11) is 0. The van der Waals surface area contributed by atoms with Crippen LogP contribution in [0.5, 0.6) is 0 Å². The molecule has 1 heterocycles. The third-order valence-electron chi connectivity index (χ3n) is 2.89. The number of nitrogens with zero attached hydrogens (tertiary/aromatic N) is 1.